The molecule has 0 saturated carbocycles. The fourth-order valence-corrected chi connectivity index (χ4v) is 3.59. The van der Waals surface area contributed by atoms with Crippen molar-refractivity contribution in [1.82, 2.24) is 20.5 Å². The highest BCUT2D eigenvalue weighted by atomic mass is 32.2. The predicted molar refractivity (Wildman–Crippen MR) is 80.6 cm³/mol. The molecule has 0 unspecified atom stereocenters. The van der Waals surface area contributed by atoms with Crippen molar-refractivity contribution in [2.24, 2.45) is 0 Å². The van der Waals surface area contributed by atoms with Crippen molar-refractivity contribution < 1.29 is 4.79 Å². The van der Waals surface area contributed by atoms with Gasteiger partial charge in [-0.25, -0.2) is 4.98 Å². The lowest BCUT2D eigenvalue weighted by molar-refractivity contribution is -0.118. The summed E-state index contributed by atoms with van der Waals surface area (Å²) in [5.41, 5.74) is 0. The van der Waals surface area contributed by atoms with Gasteiger partial charge < -0.3 is 5.32 Å². The van der Waals surface area contributed by atoms with Crippen LogP contribution < -0.4 is 5.32 Å². The van der Waals surface area contributed by atoms with Crippen molar-refractivity contribution in [3.8, 4) is 0 Å². The molecule has 0 aromatic carbocycles. The van der Waals surface area contributed by atoms with Crippen LogP contribution in [0.4, 0.5) is 0 Å². The number of nitrogens with zero attached hydrogens (tertiary/aromatic N) is 2. The van der Waals surface area contributed by atoms with Crippen LogP contribution in [0.2, 0.25) is 0 Å². The van der Waals surface area contributed by atoms with E-state index in [1.807, 2.05) is 11.8 Å². The van der Waals surface area contributed by atoms with Crippen molar-refractivity contribution in [3.63, 3.8) is 0 Å². The van der Waals surface area contributed by atoms with Gasteiger partial charge in [0.05, 0.1) is 5.75 Å². The number of rotatable bonds is 8. The Kier molecular flexibility index (Phi) is 6.25. The number of carbonyl (C=O) groups excluding carboxylic acids is 1. The fourth-order valence-electron chi connectivity index (χ4n) is 1.28. The zero-order valence-corrected chi connectivity index (χ0v) is 12.6. The van der Waals surface area contributed by atoms with Gasteiger partial charge in [0.1, 0.15) is 6.33 Å². The topological polar surface area (TPSA) is 70.7 Å². The molecule has 8 heteroatoms. The van der Waals surface area contributed by atoms with E-state index in [2.05, 4.69) is 38.0 Å². The van der Waals surface area contributed by atoms with Crippen LogP contribution in [0, 0.1) is 0 Å². The van der Waals surface area contributed by atoms with E-state index >= 15 is 0 Å². The Hall–Kier alpha value is -0.990. The Morgan fingerprint density at radius 3 is 3.21 bits per heavy atom. The molecular weight excluding hydrogens is 300 g/mol. The summed E-state index contributed by atoms with van der Waals surface area (Å²) in [4.78, 5) is 16.8. The quantitative estimate of drug-likeness (QED) is 0.576. The Morgan fingerprint density at radius 2 is 2.47 bits per heavy atom. The largest absolute Gasteiger partial charge is 0.355 e. The number of aromatic amines is 1. The Morgan fingerprint density at radius 1 is 1.53 bits per heavy atom. The van der Waals surface area contributed by atoms with Crippen LogP contribution in [0.1, 0.15) is 4.88 Å². The summed E-state index contributed by atoms with van der Waals surface area (Å²) in [5.74, 6) is 2.33. The van der Waals surface area contributed by atoms with Gasteiger partial charge >= 0.3 is 0 Å². The maximum atomic E-state index is 11.5. The van der Waals surface area contributed by atoms with Crippen LogP contribution in [-0.2, 0) is 10.5 Å². The van der Waals surface area contributed by atoms with Gasteiger partial charge in [-0.15, -0.1) is 11.3 Å². The highest BCUT2D eigenvalue weighted by Gasteiger charge is 2.03. The second-order valence-electron chi connectivity index (χ2n) is 3.56. The minimum Gasteiger partial charge on any atom is -0.355 e. The van der Waals surface area contributed by atoms with Crippen molar-refractivity contribution in [2.45, 2.75) is 10.9 Å². The lowest BCUT2D eigenvalue weighted by atomic mass is 10.5. The zero-order valence-electron chi connectivity index (χ0n) is 10.2. The average Bonchev–Trinajstić information content (AvgIpc) is 3.09. The standard InChI is InChI=1S/C11H14N4OS3/c16-10(7-19-11-13-8-14-15-11)12-3-5-17-6-9-2-1-4-18-9/h1-2,4,8H,3,5-7H2,(H,12,16)(H,13,14,15). The first-order valence-electron chi connectivity index (χ1n) is 5.69. The second-order valence-corrected chi connectivity index (χ2v) is 6.66. The van der Waals surface area contributed by atoms with Crippen molar-refractivity contribution in [2.75, 3.05) is 18.1 Å². The molecular formula is C11H14N4OS3. The molecule has 2 aromatic rings. The molecule has 0 fully saturated rings. The molecule has 0 aliphatic rings. The van der Waals surface area contributed by atoms with Crippen LogP contribution in [0.15, 0.2) is 29.0 Å². The van der Waals surface area contributed by atoms with Gasteiger partial charge in [0.25, 0.3) is 0 Å². The van der Waals surface area contributed by atoms with E-state index in [9.17, 15) is 4.79 Å². The minimum absolute atomic E-state index is 0.0260. The molecule has 0 spiro atoms. The smallest absolute Gasteiger partial charge is 0.230 e. The van der Waals surface area contributed by atoms with Crippen LogP contribution in [0.5, 0.6) is 0 Å². The molecule has 0 aliphatic heterocycles. The number of carbonyl (C=O) groups is 1. The third-order valence-electron chi connectivity index (χ3n) is 2.13. The zero-order chi connectivity index (χ0) is 13.3. The first kappa shape index (κ1) is 14.4. The number of hydrogen-bond acceptors (Lipinski definition) is 6. The van der Waals surface area contributed by atoms with Gasteiger partial charge in [0.15, 0.2) is 5.16 Å². The summed E-state index contributed by atoms with van der Waals surface area (Å²) in [6.45, 7) is 0.700. The summed E-state index contributed by atoms with van der Waals surface area (Å²) < 4.78 is 0. The van der Waals surface area contributed by atoms with E-state index in [0.717, 1.165) is 11.5 Å². The van der Waals surface area contributed by atoms with E-state index in [0.29, 0.717) is 17.5 Å². The lowest BCUT2D eigenvalue weighted by Crippen LogP contribution is -2.27. The first-order valence-corrected chi connectivity index (χ1v) is 8.71. The first-order chi connectivity index (χ1) is 9.34. The fraction of sp³-hybridized carbons (Fsp3) is 0.364. The molecule has 0 aliphatic carbocycles. The van der Waals surface area contributed by atoms with Crippen LogP contribution in [-0.4, -0.2) is 39.1 Å². The molecule has 5 nitrogen and oxygen atoms in total. The van der Waals surface area contributed by atoms with Gasteiger partial charge in [0, 0.05) is 22.9 Å². The van der Waals surface area contributed by atoms with E-state index in [-0.39, 0.29) is 5.91 Å². The van der Waals surface area contributed by atoms with Crippen LogP contribution >= 0.6 is 34.9 Å². The van der Waals surface area contributed by atoms with Gasteiger partial charge in [0.2, 0.25) is 5.91 Å². The van der Waals surface area contributed by atoms with Gasteiger partial charge in [-0.1, -0.05) is 17.8 Å². The monoisotopic (exact) mass is 314 g/mol. The Bertz CT molecular complexity index is 472. The number of thiophene rings is 1. The molecule has 0 radical (unpaired) electrons. The molecule has 0 saturated heterocycles. The van der Waals surface area contributed by atoms with Crippen LogP contribution in [0.25, 0.3) is 0 Å². The van der Waals surface area contributed by atoms with Gasteiger partial charge in [-0.2, -0.15) is 16.9 Å². The number of H-pyrrole nitrogens is 1. The summed E-state index contributed by atoms with van der Waals surface area (Å²) in [5, 5.41) is 12.1. The molecule has 2 aromatic heterocycles. The number of amides is 1. The van der Waals surface area contributed by atoms with E-state index in [4.69, 9.17) is 0 Å². The third-order valence-corrected chi connectivity index (χ3v) is 5.07. The molecule has 2 rings (SSSR count). The molecule has 19 heavy (non-hydrogen) atoms. The molecule has 0 atom stereocenters. The lowest BCUT2D eigenvalue weighted by Gasteiger charge is -2.03. The van der Waals surface area contributed by atoms with E-state index in [1.165, 1.54) is 23.0 Å². The van der Waals surface area contributed by atoms with Gasteiger partial charge in [-0.05, 0) is 11.4 Å². The van der Waals surface area contributed by atoms with Crippen molar-refractivity contribution >= 4 is 40.8 Å². The van der Waals surface area contributed by atoms with Crippen molar-refractivity contribution in [1.29, 1.82) is 0 Å². The normalized spacial score (nSPS) is 10.5. The summed E-state index contributed by atoms with van der Waals surface area (Å²) in [6, 6.07) is 4.19. The SMILES string of the molecule is O=C(CSc1ncn[nH]1)NCCSCc1cccs1. The molecule has 2 heterocycles. The van der Waals surface area contributed by atoms with Crippen LogP contribution in [0.3, 0.4) is 0 Å². The van der Waals surface area contributed by atoms with E-state index < -0.39 is 0 Å². The Balaban J connectivity index is 1.49. The summed E-state index contributed by atoms with van der Waals surface area (Å²) in [6.07, 6.45) is 1.43. The van der Waals surface area contributed by atoms with Crippen molar-refractivity contribution in [3.05, 3.63) is 28.7 Å². The molecule has 1 amide bonds. The molecule has 2 N–H and O–H groups in total. The Labute approximate surface area is 124 Å². The maximum Gasteiger partial charge on any atom is 0.230 e. The third kappa shape index (κ3) is 5.66. The average molecular weight is 314 g/mol. The maximum absolute atomic E-state index is 11.5. The number of thioether (sulfide) groups is 2. The van der Waals surface area contributed by atoms with E-state index in [1.54, 1.807) is 11.3 Å². The summed E-state index contributed by atoms with van der Waals surface area (Å²) in [7, 11) is 0. The number of aromatic nitrogens is 3. The molecule has 102 valence electrons. The number of hydrogen-bond donors (Lipinski definition) is 2. The number of nitrogens with one attached hydrogen (secondary N) is 2. The predicted octanol–water partition coefficient (Wildman–Crippen LogP) is 2.01. The molecule has 0 bridgehead atoms. The van der Waals surface area contributed by atoms with Gasteiger partial charge in [-0.3, -0.25) is 9.89 Å². The second kappa shape index (κ2) is 8.23. The highest BCUT2D eigenvalue weighted by Crippen LogP contribution is 2.16. The summed E-state index contributed by atoms with van der Waals surface area (Å²) >= 11 is 4.95. The highest BCUT2D eigenvalue weighted by molar-refractivity contribution is 7.99. The minimum atomic E-state index is 0.0260.